The monoisotopic (exact) mass is 294 g/mol. The molecule has 3 aromatic rings. The number of benzene rings is 2. The highest BCUT2D eigenvalue weighted by molar-refractivity contribution is 5.97. The van der Waals surface area contributed by atoms with Gasteiger partial charge in [0.2, 0.25) is 0 Å². The molecule has 0 saturated heterocycles. The molecule has 2 heterocycles. The first-order chi connectivity index (χ1) is 10.6. The number of likely N-dealkylation sites (N-methyl/N-ethyl adjacent to an activating group) is 1. The lowest BCUT2D eigenvalue weighted by atomic mass is 9.97. The van der Waals surface area contributed by atoms with E-state index >= 15 is 0 Å². The minimum Gasteiger partial charge on any atom is -0.358 e. The molecule has 0 fully saturated rings. The molecule has 0 spiro atoms. The highest BCUT2D eigenvalue weighted by Gasteiger charge is 2.20. The van der Waals surface area contributed by atoms with Crippen molar-refractivity contribution in [1.29, 1.82) is 0 Å². The third kappa shape index (κ3) is 2.13. The van der Waals surface area contributed by atoms with Crippen molar-refractivity contribution in [2.75, 3.05) is 13.6 Å². The fourth-order valence-corrected chi connectivity index (χ4v) is 3.45. The van der Waals surface area contributed by atoms with Gasteiger partial charge in [0.25, 0.3) is 0 Å². The summed E-state index contributed by atoms with van der Waals surface area (Å²) in [6.07, 6.45) is 1.06. The normalized spacial score (nSPS) is 15.2. The van der Waals surface area contributed by atoms with Gasteiger partial charge in [0.05, 0.1) is 5.52 Å². The SMILES string of the molecule is Cc1cc(-c2ccc(F)cc2)c2[nH]c3c(c2c1)CN(C)CC3. The zero-order valence-corrected chi connectivity index (χ0v) is 12.9. The van der Waals surface area contributed by atoms with Gasteiger partial charge in [-0.3, -0.25) is 0 Å². The minimum absolute atomic E-state index is 0.194. The summed E-state index contributed by atoms with van der Waals surface area (Å²) in [6, 6.07) is 11.2. The number of fused-ring (bicyclic) bond motifs is 3. The van der Waals surface area contributed by atoms with Crippen LogP contribution < -0.4 is 0 Å². The summed E-state index contributed by atoms with van der Waals surface area (Å²) in [4.78, 5) is 5.98. The van der Waals surface area contributed by atoms with Gasteiger partial charge in [-0.2, -0.15) is 0 Å². The Hall–Kier alpha value is -2.13. The maximum atomic E-state index is 13.2. The van der Waals surface area contributed by atoms with E-state index in [1.807, 2.05) is 12.1 Å². The Balaban J connectivity index is 1.97. The first-order valence-electron chi connectivity index (χ1n) is 7.70. The highest BCUT2D eigenvalue weighted by atomic mass is 19.1. The lowest BCUT2D eigenvalue weighted by molar-refractivity contribution is 0.313. The van der Waals surface area contributed by atoms with Crippen molar-refractivity contribution < 1.29 is 4.39 Å². The zero-order chi connectivity index (χ0) is 15.3. The first-order valence-corrected chi connectivity index (χ1v) is 7.70. The van der Waals surface area contributed by atoms with Gasteiger partial charge in [0.1, 0.15) is 5.82 Å². The van der Waals surface area contributed by atoms with Crippen LogP contribution in [0.5, 0.6) is 0 Å². The van der Waals surface area contributed by atoms with Gasteiger partial charge < -0.3 is 9.88 Å². The highest BCUT2D eigenvalue weighted by Crippen LogP contribution is 2.35. The smallest absolute Gasteiger partial charge is 0.123 e. The molecule has 0 atom stereocenters. The van der Waals surface area contributed by atoms with Crippen LogP contribution in [-0.2, 0) is 13.0 Å². The van der Waals surface area contributed by atoms with E-state index in [0.717, 1.165) is 30.6 Å². The molecule has 112 valence electrons. The maximum absolute atomic E-state index is 13.2. The van der Waals surface area contributed by atoms with Gasteiger partial charge in [-0.05, 0) is 54.9 Å². The second-order valence-corrected chi connectivity index (χ2v) is 6.31. The number of H-pyrrole nitrogens is 1. The van der Waals surface area contributed by atoms with Crippen LogP contribution in [0.4, 0.5) is 4.39 Å². The summed E-state index contributed by atoms with van der Waals surface area (Å²) in [5.41, 5.74) is 7.39. The van der Waals surface area contributed by atoms with E-state index in [-0.39, 0.29) is 5.82 Å². The number of hydrogen-bond donors (Lipinski definition) is 1. The van der Waals surface area contributed by atoms with Crippen molar-refractivity contribution in [1.82, 2.24) is 9.88 Å². The van der Waals surface area contributed by atoms with Gasteiger partial charge in [0, 0.05) is 36.2 Å². The molecule has 2 nitrogen and oxygen atoms in total. The van der Waals surface area contributed by atoms with Crippen LogP contribution in [-0.4, -0.2) is 23.5 Å². The second-order valence-electron chi connectivity index (χ2n) is 6.31. The fraction of sp³-hybridized carbons (Fsp3) is 0.263. The average Bonchev–Trinajstić information content (AvgIpc) is 2.85. The minimum atomic E-state index is -0.194. The van der Waals surface area contributed by atoms with Crippen LogP contribution in [0.3, 0.4) is 0 Å². The van der Waals surface area contributed by atoms with Crippen molar-refractivity contribution in [2.45, 2.75) is 19.9 Å². The van der Waals surface area contributed by atoms with Gasteiger partial charge in [-0.15, -0.1) is 0 Å². The molecule has 0 amide bonds. The summed E-state index contributed by atoms with van der Waals surface area (Å²) in [5, 5.41) is 1.31. The molecular weight excluding hydrogens is 275 g/mol. The summed E-state index contributed by atoms with van der Waals surface area (Å²) < 4.78 is 13.2. The number of nitrogens with zero attached hydrogens (tertiary/aromatic N) is 1. The predicted octanol–water partition coefficient (Wildman–Crippen LogP) is 4.27. The molecule has 1 aromatic heterocycles. The fourth-order valence-electron chi connectivity index (χ4n) is 3.45. The summed E-state index contributed by atoms with van der Waals surface area (Å²) in [6.45, 7) is 4.20. The molecular formula is C19H19FN2. The number of nitrogens with one attached hydrogen (secondary N) is 1. The number of aromatic nitrogens is 1. The van der Waals surface area contributed by atoms with Crippen molar-refractivity contribution >= 4 is 10.9 Å². The molecule has 0 saturated carbocycles. The third-order valence-electron chi connectivity index (χ3n) is 4.57. The molecule has 0 radical (unpaired) electrons. The van der Waals surface area contributed by atoms with Gasteiger partial charge >= 0.3 is 0 Å². The Labute approximate surface area is 129 Å². The summed E-state index contributed by atoms with van der Waals surface area (Å²) in [7, 11) is 2.17. The Kier molecular flexibility index (Phi) is 3.05. The van der Waals surface area contributed by atoms with E-state index in [0.29, 0.717) is 0 Å². The maximum Gasteiger partial charge on any atom is 0.123 e. The number of aryl methyl sites for hydroxylation is 1. The molecule has 22 heavy (non-hydrogen) atoms. The van der Waals surface area contributed by atoms with E-state index in [1.54, 1.807) is 0 Å². The number of rotatable bonds is 1. The van der Waals surface area contributed by atoms with E-state index in [4.69, 9.17) is 0 Å². The molecule has 1 aliphatic rings. The van der Waals surface area contributed by atoms with Crippen molar-refractivity contribution in [3.8, 4) is 11.1 Å². The Morgan fingerprint density at radius 1 is 1.14 bits per heavy atom. The Bertz CT molecular complexity index is 846. The van der Waals surface area contributed by atoms with Crippen molar-refractivity contribution in [3.63, 3.8) is 0 Å². The van der Waals surface area contributed by atoms with Crippen LogP contribution >= 0.6 is 0 Å². The number of hydrogen-bond acceptors (Lipinski definition) is 1. The zero-order valence-electron chi connectivity index (χ0n) is 12.9. The van der Waals surface area contributed by atoms with Crippen LogP contribution in [0.25, 0.3) is 22.0 Å². The quantitative estimate of drug-likeness (QED) is 0.710. The van der Waals surface area contributed by atoms with E-state index in [2.05, 4.69) is 36.0 Å². The van der Waals surface area contributed by atoms with Gasteiger partial charge in [0.15, 0.2) is 0 Å². The van der Waals surface area contributed by atoms with Crippen LogP contribution in [0.15, 0.2) is 36.4 Å². The lowest BCUT2D eigenvalue weighted by Gasteiger charge is -2.22. The van der Waals surface area contributed by atoms with E-state index < -0.39 is 0 Å². The molecule has 0 aliphatic carbocycles. The largest absolute Gasteiger partial charge is 0.358 e. The summed E-state index contributed by atoms with van der Waals surface area (Å²) in [5.74, 6) is -0.194. The third-order valence-corrected chi connectivity index (χ3v) is 4.57. The Morgan fingerprint density at radius 3 is 2.68 bits per heavy atom. The molecule has 4 rings (SSSR count). The summed E-state index contributed by atoms with van der Waals surface area (Å²) >= 11 is 0. The van der Waals surface area contributed by atoms with Crippen LogP contribution in [0.1, 0.15) is 16.8 Å². The van der Waals surface area contributed by atoms with Gasteiger partial charge in [-0.25, -0.2) is 4.39 Å². The standard InChI is InChI=1S/C19H19FN2/c1-12-9-15(13-3-5-14(20)6-4-13)19-16(10-12)17-11-22(2)8-7-18(17)21-19/h3-6,9-10,21H,7-8,11H2,1-2H3. The lowest BCUT2D eigenvalue weighted by Crippen LogP contribution is -2.25. The Morgan fingerprint density at radius 2 is 1.91 bits per heavy atom. The first kappa shape index (κ1) is 13.5. The van der Waals surface area contributed by atoms with Crippen molar-refractivity contribution in [3.05, 3.63) is 59.0 Å². The van der Waals surface area contributed by atoms with Crippen LogP contribution in [0.2, 0.25) is 0 Å². The molecule has 0 bridgehead atoms. The second kappa shape index (κ2) is 4.96. The van der Waals surface area contributed by atoms with Gasteiger partial charge in [-0.1, -0.05) is 12.1 Å². The molecule has 1 aliphatic heterocycles. The van der Waals surface area contributed by atoms with E-state index in [1.165, 1.54) is 39.9 Å². The molecule has 2 aromatic carbocycles. The van der Waals surface area contributed by atoms with Crippen molar-refractivity contribution in [2.24, 2.45) is 0 Å². The average molecular weight is 294 g/mol. The molecule has 3 heteroatoms. The predicted molar refractivity (Wildman–Crippen MR) is 88.5 cm³/mol. The number of aromatic amines is 1. The topological polar surface area (TPSA) is 19.0 Å². The molecule has 1 N–H and O–H groups in total. The molecule has 0 unspecified atom stereocenters. The number of halogens is 1. The van der Waals surface area contributed by atoms with E-state index in [9.17, 15) is 4.39 Å². The van der Waals surface area contributed by atoms with Crippen LogP contribution in [0, 0.1) is 12.7 Å².